The number of benzene rings is 1. The highest BCUT2D eigenvalue weighted by Gasteiger charge is 2.25. The molecule has 1 aliphatic rings. The third-order valence-corrected chi connectivity index (χ3v) is 4.08. The van der Waals surface area contributed by atoms with Crippen LogP contribution in [0.5, 0.6) is 0 Å². The zero-order chi connectivity index (χ0) is 14.6. The number of halogens is 2. The molecule has 118 valence electrons. The van der Waals surface area contributed by atoms with Gasteiger partial charge >= 0.3 is 0 Å². The molecule has 1 saturated heterocycles. The zero-order valence-electron chi connectivity index (χ0n) is 12.3. The molecule has 1 atom stereocenters. The van der Waals surface area contributed by atoms with Gasteiger partial charge in [-0.3, -0.25) is 4.79 Å². The summed E-state index contributed by atoms with van der Waals surface area (Å²) in [6.45, 7) is 6.83. The molecule has 4 nitrogen and oxygen atoms in total. The third kappa shape index (κ3) is 5.25. The van der Waals surface area contributed by atoms with Crippen molar-refractivity contribution >= 4 is 34.2 Å². The number of amides is 1. The van der Waals surface area contributed by atoms with Crippen molar-refractivity contribution in [1.82, 2.24) is 10.6 Å². The molecule has 21 heavy (non-hydrogen) atoms. The van der Waals surface area contributed by atoms with E-state index in [0.29, 0.717) is 19.7 Å². The highest BCUT2D eigenvalue weighted by molar-refractivity contribution is 9.10. The first-order valence-corrected chi connectivity index (χ1v) is 7.64. The van der Waals surface area contributed by atoms with Crippen LogP contribution >= 0.6 is 28.3 Å². The Bertz CT molecular complexity index is 459. The molecule has 1 aromatic rings. The number of morpholine rings is 1. The second-order valence-corrected chi connectivity index (χ2v) is 6.59. The predicted molar refractivity (Wildman–Crippen MR) is 90.0 cm³/mol. The number of ether oxygens (including phenoxy) is 1. The van der Waals surface area contributed by atoms with E-state index in [0.717, 1.165) is 11.0 Å². The van der Waals surface area contributed by atoms with Crippen molar-refractivity contribution in [1.29, 1.82) is 0 Å². The number of hydrogen-bond donors (Lipinski definition) is 2. The van der Waals surface area contributed by atoms with Gasteiger partial charge in [-0.2, -0.15) is 0 Å². The van der Waals surface area contributed by atoms with Crippen LogP contribution in [-0.2, 0) is 14.9 Å². The standard InChI is InChI=1S/C15H21BrN2O2.ClH/c1-15(2,11-3-5-12(16)6-4-11)10-18-14(19)13-9-17-7-8-20-13;/h3-6,13,17H,7-10H2,1-2H3,(H,18,19);1H. The quantitative estimate of drug-likeness (QED) is 0.846. The lowest BCUT2D eigenvalue weighted by Gasteiger charge is -2.28. The van der Waals surface area contributed by atoms with Gasteiger partial charge in [-0.25, -0.2) is 0 Å². The molecular formula is C15H22BrClN2O2. The van der Waals surface area contributed by atoms with E-state index in [1.807, 2.05) is 12.1 Å². The summed E-state index contributed by atoms with van der Waals surface area (Å²) in [5.41, 5.74) is 1.09. The summed E-state index contributed by atoms with van der Waals surface area (Å²) in [4.78, 5) is 12.0. The van der Waals surface area contributed by atoms with E-state index in [4.69, 9.17) is 4.74 Å². The molecule has 1 aromatic carbocycles. The number of hydrogen-bond acceptors (Lipinski definition) is 3. The van der Waals surface area contributed by atoms with Crippen molar-refractivity contribution in [3.8, 4) is 0 Å². The number of nitrogens with one attached hydrogen (secondary N) is 2. The zero-order valence-corrected chi connectivity index (χ0v) is 14.7. The number of carbonyl (C=O) groups excluding carboxylic acids is 1. The second-order valence-electron chi connectivity index (χ2n) is 5.67. The average Bonchev–Trinajstić information content (AvgIpc) is 2.46. The topological polar surface area (TPSA) is 50.4 Å². The van der Waals surface area contributed by atoms with Crippen LogP contribution in [0.2, 0.25) is 0 Å². The Hall–Kier alpha value is -0.620. The molecule has 2 rings (SSSR count). The van der Waals surface area contributed by atoms with Gasteiger partial charge in [0.05, 0.1) is 6.61 Å². The van der Waals surface area contributed by atoms with Crippen molar-refractivity contribution in [2.45, 2.75) is 25.4 Å². The molecule has 0 spiro atoms. The Morgan fingerprint density at radius 3 is 2.67 bits per heavy atom. The highest BCUT2D eigenvalue weighted by Crippen LogP contribution is 2.24. The van der Waals surface area contributed by atoms with Gasteiger partial charge in [0.15, 0.2) is 0 Å². The van der Waals surface area contributed by atoms with Crippen molar-refractivity contribution in [2.75, 3.05) is 26.2 Å². The summed E-state index contributed by atoms with van der Waals surface area (Å²) in [7, 11) is 0. The van der Waals surface area contributed by atoms with Crippen LogP contribution < -0.4 is 10.6 Å². The first-order valence-electron chi connectivity index (χ1n) is 6.85. The van der Waals surface area contributed by atoms with E-state index < -0.39 is 0 Å². The first-order chi connectivity index (χ1) is 9.49. The SMILES string of the molecule is CC(C)(CNC(=O)C1CNCCO1)c1ccc(Br)cc1.Cl. The van der Waals surface area contributed by atoms with Crippen LogP contribution in [0.1, 0.15) is 19.4 Å². The van der Waals surface area contributed by atoms with E-state index in [9.17, 15) is 4.79 Å². The molecule has 1 heterocycles. The largest absolute Gasteiger partial charge is 0.366 e. The minimum atomic E-state index is -0.371. The van der Waals surface area contributed by atoms with Crippen molar-refractivity contribution < 1.29 is 9.53 Å². The van der Waals surface area contributed by atoms with Gasteiger partial charge in [0.2, 0.25) is 5.91 Å². The Morgan fingerprint density at radius 1 is 1.43 bits per heavy atom. The van der Waals surface area contributed by atoms with Gasteiger partial charge in [-0.1, -0.05) is 41.9 Å². The van der Waals surface area contributed by atoms with Crippen LogP contribution in [0.25, 0.3) is 0 Å². The molecule has 0 aliphatic carbocycles. The fraction of sp³-hybridized carbons (Fsp3) is 0.533. The van der Waals surface area contributed by atoms with Crippen LogP contribution in [0.15, 0.2) is 28.7 Å². The lowest BCUT2D eigenvalue weighted by atomic mass is 9.84. The van der Waals surface area contributed by atoms with E-state index >= 15 is 0 Å². The van der Waals surface area contributed by atoms with Crippen LogP contribution in [-0.4, -0.2) is 38.3 Å². The highest BCUT2D eigenvalue weighted by atomic mass is 79.9. The van der Waals surface area contributed by atoms with Gasteiger partial charge in [-0.05, 0) is 17.7 Å². The van der Waals surface area contributed by atoms with Gasteiger partial charge in [0, 0.05) is 29.5 Å². The first kappa shape index (κ1) is 18.4. The molecule has 1 aliphatic heterocycles. The minimum Gasteiger partial charge on any atom is -0.366 e. The second kappa shape index (κ2) is 8.13. The van der Waals surface area contributed by atoms with Crippen LogP contribution in [0.4, 0.5) is 0 Å². The Kier molecular flexibility index (Phi) is 7.13. The van der Waals surface area contributed by atoms with E-state index in [2.05, 4.69) is 52.5 Å². The Balaban J connectivity index is 0.00000220. The molecule has 0 radical (unpaired) electrons. The van der Waals surface area contributed by atoms with Crippen molar-refractivity contribution in [3.05, 3.63) is 34.3 Å². The van der Waals surface area contributed by atoms with Crippen molar-refractivity contribution in [3.63, 3.8) is 0 Å². The minimum absolute atomic E-state index is 0. The Labute approximate surface area is 140 Å². The maximum atomic E-state index is 12.0. The summed E-state index contributed by atoms with van der Waals surface area (Å²) in [6, 6.07) is 8.20. The molecule has 2 N–H and O–H groups in total. The Morgan fingerprint density at radius 2 is 2.10 bits per heavy atom. The summed E-state index contributed by atoms with van der Waals surface area (Å²) < 4.78 is 6.50. The summed E-state index contributed by atoms with van der Waals surface area (Å²) in [5.74, 6) is -0.0395. The summed E-state index contributed by atoms with van der Waals surface area (Å²) in [6.07, 6.45) is -0.371. The molecule has 1 amide bonds. The third-order valence-electron chi connectivity index (χ3n) is 3.55. The molecule has 0 saturated carbocycles. The number of carbonyl (C=O) groups is 1. The average molecular weight is 378 g/mol. The summed E-state index contributed by atoms with van der Waals surface area (Å²) >= 11 is 3.43. The van der Waals surface area contributed by atoms with E-state index in [1.165, 1.54) is 5.56 Å². The van der Waals surface area contributed by atoms with Gasteiger partial charge in [-0.15, -0.1) is 12.4 Å². The predicted octanol–water partition coefficient (Wildman–Crippen LogP) is 2.25. The lowest BCUT2D eigenvalue weighted by molar-refractivity contribution is -0.134. The lowest BCUT2D eigenvalue weighted by Crippen LogP contribution is -2.49. The monoisotopic (exact) mass is 376 g/mol. The molecule has 0 bridgehead atoms. The molecule has 1 unspecified atom stereocenters. The molecule has 0 aromatic heterocycles. The molecule has 1 fully saturated rings. The van der Waals surface area contributed by atoms with Gasteiger partial charge < -0.3 is 15.4 Å². The fourth-order valence-electron chi connectivity index (χ4n) is 2.16. The van der Waals surface area contributed by atoms with Crippen LogP contribution in [0.3, 0.4) is 0 Å². The van der Waals surface area contributed by atoms with Crippen LogP contribution in [0, 0.1) is 0 Å². The smallest absolute Gasteiger partial charge is 0.250 e. The molecule has 6 heteroatoms. The van der Waals surface area contributed by atoms with E-state index in [-0.39, 0.29) is 29.8 Å². The van der Waals surface area contributed by atoms with Gasteiger partial charge in [0.1, 0.15) is 6.10 Å². The maximum Gasteiger partial charge on any atom is 0.250 e. The fourth-order valence-corrected chi connectivity index (χ4v) is 2.42. The van der Waals surface area contributed by atoms with E-state index in [1.54, 1.807) is 0 Å². The molecular weight excluding hydrogens is 356 g/mol. The maximum absolute atomic E-state index is 12.0. The number of rotatable bonds is 4. The van der Waals surface area contributed by atoms with Gasteiger partial charge in [0.25, 0.3) is 0 Å². The van der Waals surface area contributed by atoms with Crippen molar-refractivity contribution in [2.24, 2.45) is 0 Å². The normalized spacial score (nSPS) is 18.7. The summed E-state index contributed by atoms with van der Waals surface area (Å²) in [5, 5.41) is 6.15.